The van der Waals surface area contributed by atoms with E-state index in [9.17, 15) is 9.18 Å². The number of hydrogen-bond donors (Lipinski definition) is 1. The first-order valence-electron chi connectivity index (χ1n) is 12.8. The van der Waals surface area contributed by atoms with Gasteiger partial charge >= 0.3 is 6.03 Å². The standard InChI is InChI=1S/C29H27FN4O3S/c1-32-12-10-21-22-16-34(29(35)31-20-8-9-24-25(15-20)37-14-13-36-24)27(18-4-6-19(30)7-5-18)23-3-2-11-33(23)28(22)38-26(21)17-32/h2-9,11,15,27H,10,12-14,16-17H2,1H3,(H,31,35). The van der Waals surface area contributed by atoms with E-state index in [2.05, 4.69) is 34.1 Å². The Bertz CT molecular complexity index is 1530. The third-order valence-corrected chi connectivity index (χ3v) is 8.75. The lowest BCUT2D eigenvalue weighted by Gasteiger charge is -2.32. The quantitative estimate of drug-likeness (QED) is 0.368. The molecule has 9 heteroatoms. The van der Waals surface area contributed by atoms with E-state index in [0.29, 0.717) is 36.9 Å². The number of aromatic nitrogens is 1. The number of anilines is 1. The van der Waals surface area contributed by atoms with Crippen molar-refractivity contribution in [1.29, 1.82) is 0 Å². The third kappa shape index (κ3) is 3.93. The van der Waals surface area contributed by atoms with Gasteiger partial charge in [0.25, 0.3) is 0 Å². The topological polar surface area (TPSA) is 59.0 Å². The zero-order chi connectivity index (χ0) is 25.8. The molecule has 2 amide bonds. The number of benzene rings is 2. The van der Waals surface area contributed by atoms with Crippen molar-refractivity contribution < 1.29 is 18.7 Å². The monoisotopic (exact) mass is 530 g/mol. The van der Waals surface area contributed by atoms with Crippen LogP contribution in [0.25, 0.3) is 5.00 Å². The van der Waals surface area contributed by atoms with Gasteiger partial charge in [-0.05, 0) is 61.0 Å². The summed E-state index contributed by atoms with van der Waals surface area (Å²) in [5.41, 5.74) is 5.00. The largest absolute Gasteiger partial charge is 0.486 e. The summed E-state index contributed by atoms with van der Waals surface area (Å²) in [6.07, 6.45) is 3.02. The van der Waals surface area contributed by atoms with Crippen molar-refractivity contribution in [1.82, 2.24) is 14.4 Å². The molecule has 7 nitrogen and oxygen atoms in total. The lowest BCUT2D eigenvalue weighted by atomic mass is 10.0. The number of fused-ring (bicyclic) bond motifs is 6. The molecular weight excluding hydrogens is 503 g/mol. The predicted octanol–water partition coefficient (Wildman–Crippen LogP) is 5.57. The molecule has 0 saturated carbocycles. The van der Waals surface area contributed by atoms with Crippen molar-refractivity contribution in [2.24, 2.45) is 0 Å². The number of thiophene rings is 1. The Labute approximate surface area is 224 Å². The van der Waals surface area contributed by atoms with Crippen LogP contribution in [0.15, 0.2) is 60.8 Å². The highest BCUT2D eigenvalue weighted by Crippen LogP contribution is 2.44. The van der Waals surface area contributed by atoms with Crippen LogP contribution in [0.3, 0.4) is 0 Å². The number of nitrogens with zero attached hydrogens (tertiary/aromatic N) is 3. The van der Waals surface area contributed by atoms with Gasteiger partial charge in [-0.1, -0.05) is 12.1 Å². The van der Waals surface area contributed by atoms with Crippen LogP contribution in [-0.4, -0.2) is 47.2 Å². The van der Waals surface area contributed by atoms with E-state index in [4.69, 9.17) is 9.47 Å². The fourth-order valence-corrected chi connectivity index (χ4v) is 7.11. The molecule has 0 fully saturated rings. The molecule has 1 N–H and O–H groups in total. The maximum absolute atomic E-state index is 14.1. The van der Waals surface area contributed by atoms with Crippen LogP contribution in [0.2, 0.25) is 0 Å². The molecule has 7 rings (SSSR count). The maximum atomic E-state index is 14.1. The van der Waals surface area contributed by atoms with Gasteiger partial charge in [0.2, 0.25) is 0 Å². The normalized spacial score (nSPS) is 18.3. The second-order valence-electron chi connectivity index (χ2n) is 9.95. The third-order valence-electron chi connectivity index (χ3n) is 7.50. The second kappa shape index (κ2) is 9.18. The molecule has 0 bridgehead atoms. The van der Waals surface area contributed by atoms with Gasteiger partial charge in [-0.15, -0.1) is 11.3 Å². The number of rotatable bonds is 2. The molecule has 0 aliphatic carbocycles. The first-order chi connectivity index (χ1) is 18.5. The van der Waals surface area contributed by atoms with Crippen molar-refractivity contribution in [3.63, 3.8) is 0 Å². The van der Waals surface area contributed by atoms with E-state index < -0.39 is 6.04 Å². The molecule has 5 heterocycles. The van der Waals surface area contributed by atoms with Gasteiger partial charge in [-0.25, -0.2) is 9.18 Å². The minimum Gasteiger partial charge on any atom is -0.486 e. The van der Waals surface area contributed by atoms with Crippen molar-refractivity contribution in [2.75, 3.05) is 32.1 Å². The summed E-state index contributed by atoms with van der Waals surface area (Å²) < 4.78 is 27.5. The first-order valence-corrected chi connectivity index (χ1v) is 13.6. The molecule has 0 radical (unpaired) electrons. The Morgan fingerprint density at radius 3 is 2.68 bits per heavy atom. The Morgan fingerprint density at radius 1 is 1.03 bits per heavy atom. The highest BCUT2D eigenvalue weighted by Gasteiger charge is 2.36. The summed E-state index contributed by atoms with van der Waals surface area (Å²) in [7, 11) is 2.15. The van der Waals surface area contributed by atoms with Crippen LogP contribution >= 0.6 is 11.3 Å². The number of likely N-dealkylation sites (N-methyl/N-ethyl adjacent to an activating group) is 1. The molecule has 3 aliphatic heterocycles. The van der Waals surface area contributed by atoms with E-state index in [1.807, 2.05) is 34.4 Å². The van der Waals surface area contributed by atoms with Crippen LogP contribution in [0.1, 0.15) is 33.3 Å². The van der Waals surface area contributed by atoms with E-state index in [1.54, 1.807) is 18.2 Å². The molecule has 0 saturated heterocycles. The van der Waals surface area contributed by atoms with Crippen LogP contribution < -0.4 is 14.8 Å². The summed E-state index contributed by atoms with van der Waals surface area (Å²) in [5.74, 6) is 0.986. The number of ether oxygens (including phenoxy) is 2. The highest BCUT2D eigenvalue weighted by atomic mass is 32.1. The second-order valence-corrected chi connectivity index (χ2v) is 11.0. The van der Waals surface area contributed by atoms with Crippen LogP contribution in [0.5, 0.6) is 11.5 Å². The lowest BCUT2D eigenvalue weighted by molar-refractivity contribution is 0.171. The molecule has 1 unspecified atom stereocenters. The zero-order valence-corrected chi connectivity index (χ0v) is 21.8. The smallest absolute Gasteiger partial charge is 0.322 e. The summed E-state index contributed by atoms with van der Waals surface area (Å²) in [6, 6.07) is 15.3. The number of hydrogen-bond acceptors (Lipinski definition) is 5. The molecule has 2 aromatic carbocycles. The molecule has 38 heavy (non-hydrogen) atoms. The number of carbonyl (C=O) groups excluding carboxylic acids is 1. The van der Waals surface area contributed by atoms with Gasteiger partial charge in [0.05, 0.1) is 18.3 Å². The average Bonchev–Trinajstić information content (AvgIpc) is 3.50. The van der Waals surface area contributed by atoms with Gasteiger partial charge < -0.3 is 29.2 Å². The lowest BCUT2D eigenvalue weighted by Crippen LogP contribution is -2.38. The maximum Gasteiger partial charge on any atom is 0.322 e. The summed E-state index contributed by atoms with van der Waals surface area (Å²) in [5, 5.41) is 4.26. The number of amides is 2. The SMILES string of the molecule is CN1CCc2c(sc3c2CN(C(=O)Nc2ccc4c(c2)OCCO4)C(c2ccc(F)cc2)c2cccn2-3)C1. The molecular formula is C29H27FN4O3S. The number of nitrogens with one attached hydrogen (secondary N) is 1. The Balaban J connectivity index is 1.32. The van der Waals surface area contributed by atoms with Crippen LogP contribution in [-0.2, 0) is 19.5 Å². The van der Waals surface area contributed by atoms with Crippen LogP contribution in [0.4, 0.5) is 14.9 Å². The molecule has 0 spiro atoms. The van der Waals surface area contributed by atoms with Gasteiger partial charge in [-0.2, -0.15) is 0 Å². The summed E-state index contributed by atoms with van der Waals surface area (Å²) in [6.45, 7) is 3.33. The number of urea groups is 1. The minimum absolute atomic E-state index is 0.232. The van der Waals surface area contributed by atoms with E-state index >= 15 is 0 Å². The van der Waals surface area contributed by atoms with E-state index in [-0.39, 0.29) is 11.8 Å². The number of carbonyl (C=O) groups is 1. The minimum atomic E-state index is -0.399. The van der Waals surface area contributed by atoms with Crippen LogP contribution in [0, 0.1) is 5.82 Å². The Kier molecular flexibility index (Phi) is 5.63. The first kappa shape index (κ1) is 23.3. The average molecular weight is 531 g/mol. The highest BCUT2D eigenvalue weighted by molar-refractivity contribution is 7.15. The summed E-state index contributed by atoms with van der Waals surface area (Å²) >= 11 is 1.81. The molecule has 194 valence electrons. The molecule has 1 atom stereocenters. The van der Waals surface area contributed by atoms with Gasteiger partial charge in [-0.3, -0.25) is 0 Å². The van der Waals surface area contributed by atoms with Crippen molar-refractivity contribution in [3.05, 3.63) is 93.9 Å². The Morgan fingerprint density at radius 2 is 1.84 bits per heavy atom. The van der Waals surface area contributed by atoms with Gasteiger partial charge in [0.1, 0.15) is 24.0 Å². The van der Waals surface area contributed by atoms with E-state index in [0.717, 1.165) is 35.8 Å². The Hall–Kier alpha value is -3.82. The van der Waals surface area contributed by atoms with Gasteiger partial charge in [0, 0.05) is 41.5 Å². The fraction of sp³-hybridized carbons (Fsp3) is 0.276. The predicted molar refractivity (Wildman–Crippen MR) is 144 cm³/mol. The van der Waals surface area contributed by atoms with Crippen molar-refractivity contribution in [3.8, 4) is 16.5 Å². The molecule has 2 aromatic heterocycles. The van der Waals surface area contributed by atoms with E-state index in [1.165, 1.54) is 28.1 Å². The zero-order valence-electron chi connectivity index (χ0n) is 20.9. The summed E-state index contributed by atoms with van der Waals surface area (Å²) in [4.78, 5) is 19.6. The van der Waals surface area contributed by atoms with Gasteiger partial charge in [0.15, 0.2) is 11.5 Å². The number of halogens is 1. The fourth-order valence-electron chi connectivity index (χ4n) is 5.66. The van der Waals surface area contributed by atoms with Crippen molar-refractivity contribution >= 4 is 23.1 Å². The van der Waals surface area contributed by atoms with Crippen molar-refractivity contribution in [2.45, 2.75) is 25.6 Å². The molecule has 4 aromatic rings. The molecule has 3 aliphatic rings.